The van der Waals surface area contributed by atoms with Crippen molar-refractivity contribution in [2.45, 2.75) is 80.1 Å². The zero-order chi connectivity index (χ0) is 18.8. The van der Waals surface area contributed by atoms with Gasteiger partial charge in [0.2, 0.25) is 0 Å². The highest BCUT2D eigenvalue weighted by atomic mass is 14.8. The molecule has 26 heavy (non-hydrogen) atoms. The van der Waals surface area contributed by atoms with Gasteiger partial charge in [-0.3, -0.25) is 9.97 Å². The van der Waals surface area contributed by atoms with Gasteiger partial charge in [0, 0.05) is 22.2 Å². The molecule has 0 spiro atoms. The topological polar surface area (TPSA) is 25.8 Å². The van der Waals surface area contributed by atoms with Crippen LogP contribution in [-0.2, 0) is 38.5 Å². The maximum absolute atomic E-state index is 5.10. The minimum atomic E-state index is 0.968. The number of hydrogen-bond donors (Lipinski definition) is 0. The predicted octanol–water partition coefficient (Wildman–Crippen LogP) is 6.16. The predicted molar refractivity (Wildman–Crippen MR) is 113 cm³/mol. The summed E-state index contributed by atoms with van der Waals surface area (Å²) in [5.74, 6) is 0. The Labute approximate surface area is 158 Å². The maximum Gasteiger partial charge on any atom is 0.0973 e. The Bertz CT molecular complexity index is 875. The Hall–Kier alpha value is -1.96. The van der Waals surface area contributed by atoms with Gasteiger partial charge in [-0.1, -0.05) is 41.5 Å². The Morgan fingerprint density at radius 1 is 0.538 bits per heavy atom. The highest BCUT2D eigenvalue weighted by Gasteiger charge is 2.20. The van der Waals surface area contributed by atoms with E-state index in [1.165, 1.54) is 44.4 Å². The molecule has 0 bridgehead atoms. The van der Waals surface area contributed by atoms with Crippen molar-refractivity contribution in [3.8, 4) is 0 Å². The summed E-state index contributed by atoms with van der Waals surface area (Å²) in [6.45, 7) is 13.5. The SMILES string of the molecule is CCc1cc(CC)c2c(CC)c(CC)c3c(CC)cc(CC)nc3c2n1. The van der Waals surface area contributed by atoms with Crippen molar-refractivity contribution < 1.29 is 0 Å². The van der Waals surface area contributed by atoms with Crippen LogP contribution in [0.2, 0.25) is 0 Å². The first-order chi connectivity index (χ1) is 12.6. The number of aryl methyl sites for hydroxylation is 6. The van der Waals surface area contributed by atoms with Crippen LogP contribution < -0.4 is 0 Å². The Morgan fingerprint density at radius 3 is 1.19 bits per heavy atom. The third-order valence-corrected chi connectivity index (χ3v) is 5.69. The second-order valence-corrected chi connectivity index (χ2v) is 7.07. The summed E-state index contributed by atoms with van der Waals surface area (Å²) in [5, 5.41) is 2.75. The number of rotatable bonds is 6. The lowest BCUT2D eigenvalue weighted by Gasteiger charge is -2.20. The van der Waals surface area contributed by atoms with E-state index in [0.717, 1.165) is 49.6 Å². The summed E-state index contributed by atoms with van der Waals surface area (Å²) in [4.78, 5) is 10.2. The molecule has 2 heteroatoms. The van der Waals surface area contributed by atoms with Gasteiger partial charge in [0.25, 0.3) is 0 Å². The zero-order valence-corrected chi connectivity index (χ0v) is 17.3. The third-order valence-electron chi connectivity index (χ3n) is 5.69. The number of nitrogens with zero attached hydrogens (tertiary/aromatic N) is 2. The minimum absolute atomic E-state index is 0.968. The number of hydrogen-bond acceptors (Lipinski definition) is 2. The minimum Gasteiger partial charge on any atom is -0.251 e. The van der Waals surface area contributed by atoms with Crippen molar-refractivity contribution in [2.24, 2.45) is 0 Å². The monoisotopic (exact) mass is 348 g/mol. The molecule has 0 saturated heterocycles. The van der Waals surface area contributed by atoms with Crippen LogP contribution in [0.3, 0.4) is 0 Å². The van der Waals surface area contributed by atoms with Crippen molar-refractivity contribution in [3.05, 3.63) is 45.8 Å². The first-order valence-electron chi connectivity index (χ1n) is 10.4. The van der Waals surface area contributed by atoms with Gasteiger partial charge in [-0.15, -0.1) is 0 Å². The first-order valence-corrected chi connectivity index (χ1v) is 10.4. The van der Waals surface area contributed by atoms with Crippen LogP contribution in [0.25, 0.3) is 21.8 Å². The molecule has 2 heterocycles. The lowest BCUT2D eigenvalue weighted by Crippen LogP contribution is -2.06. The van der Waals surface area contributed by atoms with E-state index >= 15 is 0 Å². The molecule has 0 aliphatic rings. The molecule has 0 fully saturated rings. The molecule has 2 nitrogen and oxygen atoms in total. The van der Waals surface area contributed by atoms with Crippen LogP contribution in [-0.4, -0.2) is 9.97 Å². The van der Waals surface area contributed by atoms with E-state index in [4.69, 9.17) is 9.97 Å². The Balaban J connectivity index is 2.66. The summed E-state index contributed by atoms with van der Waals surface area (Å²) in [7, 11) is 0. The molecule has 0 aliphatic carbocycles. The summed E-state index contributed by atoms with van der Waals surface area (Å²) >= 11 is 0. The molecular formula is C24H32N2. The normalized spacial score (nSPS) is 11.6. The Morgan fingerprint density at radius 2 is 0.923 bits per heavy atom. The van der Waals surface area contributed by atoms with Crippen molar-refractivity contribution in [2.75, 3.05) is 0 Å². The highest BCUT2D eigenvalue weighted by Crippen LogP contribution is 2.36. The second kappa shape index (κ2) is 7.73. The molecule has 0 saturated carbocycles. The second-order valence-electron chi connectivity index (χ2n) is 7.07. The van der Waals surface area contributed by atoms with E-state index in [2.05, 4.69) is 53.7 Å². The lowest BCUT2D eigenvalue weighted by atomic mass is 9.87. The average Bonchev–Trinajstić information content (AvgIpc) is 2.70. The van der Waals surface area contributed by atoms with Crippen LogP contribution >= 0.6 is 0 Å². The summed E-state index contributed by atoms with van der Waals surface area (Å²) in [6, 6.07) is 4.63. The smallest absolute Gasteiger partial charge is 0.0973 e. The van der Waals surface area contributed by atoms with Crippen LogP contribution in [0, 0.1) is 0 Å². The molecule has 0 unspecified atom stereocenters. The summed E-state index contributed by atoms with van der Waals surface area (Å²) in [6.07, 6.45) is 6.12. The van der Waals surface area contributed by atoms with E-state index in [1.54, 1.807) is 0 Å². The molecule has 0 radical (unpaired) electrons. The van der Waals surface area contributed by atoms with E-state index in [-0.39, 0.29) is 0 Å². The molecule has 3 aromatic rings. The van der Waals surface area contributed by atoms with Gasteiger partial charge in [-0.05, 0) is 72.9 Å². The van der Waals surface area contributed by atoms with Crippen LogP contribution in [0.5, 0.6) is 0 Å². The quantitative estimate of drug-likeness (QED) is 0.499. The van der Waals surface area contributed by atoms with Gasteiger partial charge in [0.15, 0.2) is 0 Å². The van der Waals surface area contributed by atoms with E-state index < -0.39 is 0 Å². The fourth-order valence-corrected chi connectivity index (χ4v) is 4.33. The van der Waals surface area contributed by atoms with Gasteiger partial charge >= 0.3 is 0 Å². The maximum atomic E-state index is 5.10. The van der Waals surface area contributed by atoms with Crippen LogP contribution in [0.15, 0.2) is 12.1 Å². The molecule has 0 aliphatic heterocycles. The van der Waals surface area contributed by atoms with E-state index in [1.807, 2.05) is 0 Å². The van der Waals surface area contributed by atoms with Gasteiger partial charge in [0.05, 0.1) is 11.0 Å². The van der Waals surface area contributed by atoms with Crippen molar-refractivity contribution >= 4 is 21.8 Å². The molecule has 2 aromatic heterocycles. The first kappa shape index (κ1) is 18.8. The summed E-state index contributed by atoms with van der Waals surface area (Å²) in [5.41, 5.74) is 10.5. The van der Waals surface area contributed by atoms with Gasteiger partial charge in [0.1, 0.15) is 0 Å². The molecule has 1 aromatic carbocycles. The van der Waals surface area contributed by atoms with Crippen molar-refractivity contribution in [3.63, 3.8) is 0 Å². The zero-order valence-electron chi connectivity index (χ0n) is 17.3. The molecule has 0 amide bonds. The molecule has 0 atom stereocenters. The van der Waals surface area contributed by atoms with Crippen LogP contribution in [0.1, 0.15) is 75.2 Å². The summed E-state index contributed by atoms with van der Waals surface area (Å²) < 4.78 is 0. The van der Waals surface area contributed by atoms with Gasteiger partial charge in [-0.2, -0.15) is 0 Å². The number of benzene rings is 1. The van der Waals surface area contributed by atoms with E-state index in [9.17, 15) is 0 Å². The Kier molecular flexibility index (Phi) is 5.60. The highest BCUT2D eigenvalue weighted by molar-refractivity contribution is 6.09. The average molecular weight is 349 g/mol. The third kappa shape index (κ3) is 2.90. The fraction of sp³-hybridized carbons (Fsp3) is 0.500. The standard InChI is InChI=1S/C24H32N2/c1-7-15-13-17(9-3)25-23-21(15)19(11-5)20(12-6)22-16(8-2)14-18(10-4)26-24(22)23/h13-14H,7-12H2,1-6H3. The van der Waals surface area contributed by atoms with Crippen LogP contribution in [0.4, 0.5) is 0 Å². The molecule has 138 valence electrons. The number of pyridine rings is 2. The molecular weight excluding hydrogens is 316 g/mol. The fourth-order valence-electron chi connectivity index (χ4n) is 4.33. The number of fused-ring (bicyclic) bond motifs is 3. The van der Waals surface area contributed by atoms with E-state index in [0.29, 0.717) is 0 Å². The van der Waals surface area contributed by atoms with Gasteiger partial charge in [-0.25, -0.2) is 0 Å². The van der Waals surface area contributed by atoms with Gasteiger partial charge < -0.3 is 0 Å². The van der Waals surface area contributed by atoms with Crippen molar-refractivity contribution in [1.82, 2.24) is 9.97 Å². The molecule has 3 rings (SSSR count). The largest absolute Gasteiger partial charge is 0.251 e. The number of aromatic nitrogens is 2. The molecule has 0 N–H and O–H groups in total. The van der Waals surface area contributed by atoms with Crippen molar-refractivity contribution in [1.29, 1.82) is 0 Å². The lowest BCUT2D eigenvalue weighted by molar-refractivity contribution is 1.00.